The van der Waals surface area contributed by atoms with Crippen LogP contribution in [0.4, 0.5) is 8.78 Å². The number of hydrogen-bond acceptors (Lipinski definition) is 1. The van der Waals surface area contributed by atoms with Gasteiger partial charge >= 0.3 is 0 Å². The van der Waals surface area contributed by atoms with Crippen LogP contribution in [0.3, 0.4) is 0 Å². The summed E-state index contributed by atoms with van der Waals surface area (Å²) in [5.74, 6) is -0.359. The standard InChI is InChI=1S/C16H23F2N3/c1-11(14-8-7-12(17)9-15(14)18)10-20-16(19-2)21-13-5-3-4-6-13/h7-9,11,13H,3-6,10H2,1-2H3,(H2,19,20,21). The van der Waals surface area contributed by atoms with Gasteiger partial charge in [-0.15, -0.1) is 0 Å². The SMILES string of the molecule is CN=C(NCC(C)c1ccc(F)cc1F)NC1CCCC1. The quantitative estimate of drug-likeness (QED) is 0.661. The molecule has 21 heavy (non-hydrogen) atoms. The fourth-order valence-corrected chi connectivity index (χ4v) is 2.72. The van der Waals surface area contributed by atoms with Gasteiger partial charge in [0.15, 0.2) is 5.96 Å². The molecule has 1 aliphatic carbocycles. The Balaban J connectivity index is 1.88. The zero-order valence-corrected chi connectivity index (χ0v) is 12.6. The van der Waals surface area contributed by atoms with Gasteiger partial charge in [0.1, 0.15) is 11.6 Å². The van der Waals surface area contributed by atoms with Gasteiger partial charge in [-0.3, -0.25) is 4.99 Å². The van der Waals surface area contributed by atoms with Gasteiger partial charge in [0.2, 0.25) is 0 Å². The van der Waals surface area contributed by atoms with E-state index < -0.39 is 11.6 Å². The van der Waals surface area contributed by atoms with E-state index in [0.29, 0.717) is 18.2 Å². The Bertz CT molecular complexity index is 496. The third kappa shape index (κ3) is 4.41. The van der Waals surface area contributed by atoms with Crippen molar-refractivity contribution in [2.45, 2.75) is 44.6 Å². The van der Waals surface area contributed by atoms with Crippen LogP contribution in [0.5, 0.6) is 0 Å². The molecule has 0 bridgehead atoms. The summed E-state index contributed by atoms with van der Waals surface area (Å²) in [5, 5.41) is 6.60. The molecule has 2 rings (SSSR count). The highest BCUT2D eigenvalue weighted by Gasteiger charge is 2.17. The van der Waals surface area contributed by atoms with Gasteiger partial charge in [-0.1, -0.05) is 25.8 Å². The molecule has 1 saturated carbocycles. The smallest absolute Gasteiger partial charge is 0.191 e. The number of nitrogens with zero attached hydrogens (tertiary/aromatic N) is 1. The van der Waals surface area contributed by atoms with Gasteiger partial charge in [-0.05, 0) is 24.5 Å². The summed E-state index contributed by atoms with van der Waals surface area (Å²) in [6, 6.07) is 4.20. The highest BCUT2D eigenvalue weighted by Crippen LogP contribution is 2.19. The molecule has 116 valence electrons. The second-order valence-corrected chi connectivity index (χ2v) is 5.65. The first-order valence-electron chi connectivity index (χ1n) is 7.52. The van der Waals surface area contributed by atoms with Crippen molar-refractivity contribution in [3.05, 3.63) is 35.4 Å². The van der Waals surface area contributed by atoms with Gasteiger partial charge in [0.25, 0.3) is 0 Å². The van der Waals surface area contributed by atoms with E-state index in [1.807, 2.05) is 6.92 Å². The maximum atomic E-state index is 13.7. The molecule has 2 N–H and O–H groups in total. The molecule has 3 nitrogen and oxygen atoms in total. The van der Waals surface area contributed by atoms with Crippen LogP contribution >= 0.6 is 0 Å². The number of guanidine groups is 1. The number of nitrogens with one attached hydrogen (secondary N) is 2. The van der Waals surface area contributed by atoms with Crippen LogP contribution < -0.4 is 10.6 Å². The van der Waals surface area contributed by atoms with E-state index in [9.17, 15) is 8.78 Å². The van der Waals surface area contributed by atoms with Crippen LogP contribution in [0.15, 0.2) is 23.2 Å². The number of rotatable bonds is 4. The molecule has 0 heterocycles. The Morgan fingerprint density at radius 3 is 2.67 bits per heavy atom. The summed E-state index contributed by atoms with van der Waals surface area (Å²) in [5.41, 5.74) is 0.514. The number of hydrogen-bond donors (Lipinski definition) is 2. The fourth-order valence-electron chi connectivity index (χ4n) is 2.72. The van der Waals surface area contributed by atoms with Gasteiger partial charge in [-0.2, -0.15) is 0 Å². The zero-order chi connectivity index (χ0) is 15.2. The van der Waals surface area contributed by atoms with Crippen LogP contribution in [0.1, 0.15) is 44.1 Å². The molecule has 1 aromatic rings. The summed E-state index contributed by atoms with van der Waals surface area (Å²) in [7, 11) is 1.73. The first-order chi connectivity index (χ1) is 10.1. The van der Waals surface area contributed by atoms with Gasteiger partial charge in [0.05, 0.1) is 0 Å². The van der Waals surface area contributed by atoms with Gasteiger partial charge in [0, 0.05) is 31.6 Å². The molecule has 1 aliphatic rings. The van der Waals surface area contributed by atoms with Gasteiger partial charge < -0.3 is 10.6 Å². The largest absolute Gasteiger partial charge is 0.356 e. The third-order valence-corrected chi connectivity index (χ3v) is 3.99. The van der Waals surface area contributed by atoms with Crippen molar-refractivity contribution in [2.75, 3.05) is 13.6 Å². The second-order valence-electron chi connectivity index (χ2n) is 5.65. The summed E-state index contributed by atoms with van der Waals surface area (Å²) in [6.45, 7) is 2.46. The molecule has 1 atom stereocenters. The molecule has 0 radical (unpaired) electrons. The summed E-state index contributed by atoms with van der Waals surface area (Å²) in [6.07, 6.45) is 4.85. The highest BCUT2D eigenvalue weighted by molar-refractivity contribution is 5.80. The number of aliphatic imine (C=N–C) groups is 1. The van der Waals surface area contributed by atoms with Crippen molar-refractivity contribution in [2.24, 2.45) is 4.99 Å². The minimum Gasteiger partial charge on any atom is -0.356 e. The van der Waals surface area contributed by atoms with E-state index in [1.54, 1.807) is 7.05 Å². The van der Waals surface area contributed by atoms with E-state index >= 15 is 0 Å². The fraction of sp³-hybridized carbons (Fsp3) is 0.562. The zero-order valence-electron chi connectivity index (χ0n) is 12.6. The topological polar surface area (TPSA) is 36.4 Å². The summed E-state index contributed by atoms with van der Waals surface area (Å²) < 4.78 is 26.6. The lowest BCUT2D eigenvalue weighted by Gasteiger charge is -2.19. The first kappa shape index (κ1) is 15.7. The molecular weight excluding hydrogens is 272 g/mol. The van der Waals surface area contributed by atoms with E-state index in [2.05, 4.69) is 15.6 Å². The summed E-state index contributed by atoms with van der Waals surface area (Å²) >= 11 is 0. The molecule has 1 aromatic carbocycles. The molecule has 0 spiro atoms. The molecule has 1 fully saturated rings. The molecule has 0 aromatic heterocycles. The highest BCUT2D eigenvalue weighted by atomic mass is 19.1. The second kappa shape index (κ2) is 7.38. The monoisotopic (exact) mass is 295 g/mol. The maximum absolute atomic E-state index is 13.7. The third-order valence-electron chi connectivity index (χ3n) is 3.99. The van der Waals surface area contributed by atoms with Crippen LogP contribution in [0.25, 0.3) is 0 Å². The van der Waals surface area contributed by atoms with Crippen LogP contribution in [-0.4, -0.2) is 25.6 Å². The molecule has 1 unspecified atom stereocenters. The van der Waals surface area contributed by atoms with Crippen molar-refractivity contribution in [3.63, 3.8) is 0 Å². The van der Waals surface area contributed by atoms with Crippen LogP contribution in [-0.2, 0) is 0 Å². The van der Waals surface area contributed by atoms with E-state index in [-0.39, 0.29) is 5.92 Å². The Morgan fingerprint density at radius 1 is 1.33 bits per heavy atom. The van der Waals surface area contributed by atoms with Gasteiger partial charge in [-0.25, -0.2) is 8.78 Å². The lowest BCUT2D eigenvalue weighted by molar-refractivity contribution is 0.553. The van der Waals surface area contributed by atoms with Crippen LogP contribution in [0, 0.1) is 11.6 Å². The minimum absolute atomic E-state index is 0.0623. The Labute approximate surface area is 124 Å². The predicted molar refractivity (Wildman–Crippen MR) is 81.5 cm³/mol. The Morgan fingerprint density at radius 2 is 2.05 bits per heavy atom. The Kier molecular flexibility index (Phi) is 5.53. The van der Waals surface area contributed by atoms with E-state index in [4.69, 9.17) is 0 Å². The molecule has 0 amide bonds. The number of benzene rings is 1. The average molecular weight is 295 g/mol. The molecule has 5 heteroatoms. The lowest BCUT2D eigenvalue weighted by atomic mass is 10.0. The number of halogens is 2. The van der Waals surface area contributed by atoms with E-state index in [0.717, 1.165) is 12.0 Å². The lowest BCUT2D eigenvalue weighted by Crippen LogP contribution is -2.43. The average Bonchev–Trinajstić information content (AvgIpc) is 2.96. The summed E-state index contributed by atoms with van der Waals surface area (Å²) in [4.78, 5) is 4.19. The van der Waals surface area contributed by atoms with Crippen LogP contribution in [0.2, 0.25) is 0 Å². The first-order valence-corrected chi connectivity index (χ1v) is 7.52. The molecule has 0 aliphatic heterocycles. The van der Waals surface area contributed by atoms with E-state index in [1.165, 1.54) is 37.8 Å². The molecular formula is C16H23F2N3. The van der Waals surface area contributed by atoms with Crippen molar-refractivity contribution in [3.8, 4) is 0 Å². The minimum atomic E-state index is -0.546. The van der Waals surface area contributed by atoms with Crippen molar-refractivity contribution in [1.29, 1.82) is 0 Å². The van der Waals surface area contributed by atoms with Crippen molar-refractivity contribution < 1.29 is 8.78 Å². The normalized spacial score (nSPS) is 17.8. The van der Waals surface area contributed by atoms with Crippen molar-refractivity contribution in [1.82, 2.24) is 10.6 Å². The Hall–Kier alpha value is -1.65. The van der Waals surface area contributed by atoms with Crippen molar-refractivity contribution >= 4 is 5.96 Å². The molecule has 0 saturated heterocycles. The predicted octanol–water partition coefficient (Wildman–Crippen LogP) is 3.18. The maximum Gasteiger partial charge on any atom is 0.191 e.